The quantitative estimate of drug-likeness (QED) is 0.463. The number of carbonyl (C=O) groups is 1. The second-order valence-corrected chi connectivity index (χ2v) is 9.22. The van der Waals surface area contributed by atoms with Crippen molar-refractivity contribution >= 4 is 12.4 Å². The Kier molecular flexibility index (Phi) is 4.58. The van der Waals surface area contributed by atoms with Crippen molar-refractivity contribution in [3.05, 3.63) is 71.3 Å². The third kappa shape index (κ3) is 3.30. The Bertz CT molecular complexity index is 845. The maximum atomic E-state index is 10.8. The maximum Gasteiger partial charge on any atom is 0.142 e. The van der Waals surface area contributed by atoms with Crippen LogP contribution in [0.2, 0.25) is 0 Å². The lowest BCUT2D eigenvalue weighted by molar-refractivity contribution is -0.104. The summed E-state index contributed by atoms with van der Waals surface area (Å²) in [6, 6.07) is 16.9. The molecule has 0 N–H and O–H groups in total. The third-order valence-electron chi connectivity index (χ3n) is 7.22. The zero-order chi connectivity index (χ0) is 19.0. The Balaban J connectivity index is 1.50. The third-order valence-corrected chi connectivity index (χ3v) is 7.22. The SMILES string of the molecule is O=C/C=C/c1ccc(OCc2ccccc2)c(C23CC4CC(CC(C4)C2)C3)c1. The van der Waals surface area contributed by atoms with Gasteiger partial charge in [0.1, 0.15) is 18.6 Å². The van der Waals surface area contributed by atoms with Crippen LogP contribution < -0.4 is 4.74 Å². The van der Waals surface area contributed by atoms with Crippen molar-refractivity contribution in [2.75, 3.05) is 0 Å². The van der Waals surface area contributed by atoms with Crippen molar-refractivity contribution in [3.63, 3.8) is 0 Å². The van der Waals surface area contributed by atoms with Crippen LogP contribution in [-0.4, -0.2) is 6.29 Å². The van der Waals surface area contributed by atoms with E-state index in [9.17, 15) is 4.79 Å². The second kappa shape index (κ2) is 7.24. The molecule has 2 nitrogen and oxygen atoms in total. The van der Waals surface area contributed by atoms with Gasteiger partial charge in [0, 0.05) is 5.56 Å². The van der Waals surface area contributed by atoms with Crippen molar-refractivity contribution in [1.82, 2.24) is 0 Å². The fourth-order valence-electron chi connectivity index (χ4n) is 6.52. The summed E-state index contributed by atoms with van der Waals surface area (Å²) in [6.45, 7) is 0.601. The largest absolute Gasteiger partial charge is 0.489 e. The zero-order valence-corrected chi connectivity index (χ0v) is 16.3. The minimum Gasteiger partial charge on any atom is -0.489 e. The lowest BCUT2D eigenvalue weighted by Crippen LogP contribution is -2.48. The summed E-state index contributed by atoms with van der Waals surface area (Å²) in [5.41, 5.74) is 3.95. The number of carbonyl (C=O) groups excluding carboxylic acids is 1. The number of rotatable bonds is 6. The molecule has 0 unspecified atom stereocenters. The van der Waals surface area contributed by atoms with Crippen LogP contribution in [0.3, 0.4) is 0 Å². The van der Waals surface area contributed by atoms with E-state index in [1.54, 1.807) is 6.08 Å². The lowest BCUT2D eigenvalue weighted by Gasteiger charge is -2.57. The molecule has 2 heteroatoms. The summed E-state index contributed by atoms with van der Waals surface area (Å²) in [6.07, 6.45) is 12.6. The standard InChI is InChI=1S/C26H28O2/c27-10-4-7-19-8-9-25(28-18-20-5-2-1-3-6-20)24(14-19)26-15-21-11-22(16-26)13-23(12-21)17-26/h1-10,14,21-23H,11-13,15-18H2/b7-4+. The number of ether oxygens (including phenoxy) is 1. The highest BCUT2D eigenvalue weighted by Gasteiger charge is 2.52. The molecule has 144 valence electrons. The Labute approximate surface area is 167 Å². The van der Waals surface area contributed by atoms with Crippen LogP contribution in [0.1, 0.15) is 55.2 Å². The van der Waals surface area contributed by atoms with Gasteiger partial charge in [-0.3, -0.25) is 4.79 Å². The molecular formula is C26H28O2. The van der Waals surface area contributed by atoms with E-state index in [4.69, 9.17) is 4.74 Å². The first-order valence-electron chi connectivity index (χ1n) is 10.7. The number of aldehydes is 1. The first-order chi connectivity index (χ1) is 13.7. The number of hydrogen-bond acceptors (Lipinski definition) is 2. The Hall–Kier alpha value is -2.35. The van der Waals surface area contributed by atoms with Gasteiger partial charge in [0.05, 0.1) is 0 Å². The van der Waals surface area contributed by atoms with Crippen LogP contribution in [0.25, 0.3) is 6.08 Å². The molecule has 0 saturated heterocycles. The van der Waals surface area contributed by atoms with E-state index in [2.05, 4.69) is 42.5 Å². The van der Waals surface area contributed by atoms with Crippen molar-refractivity contribution in [2.24, 2.45) is 17.8 Å². The van der Waals surface area contributed by atoms with E-state index >= 15 is 0 Å². The molecule has 0 atom stereocenters. The molecule has 2 aromatic rings. The normalized spacial score (nSPS) is 30.6. The zero-order valence-electron chi connectivity index (χ0n) is 16.3. The molecule has 0 spiro atoms. The molecule has 6 rings (SSSR count). The predicted octanol–water partition coefficient (Wildman–Crippen LogP) is 5.95. The minimum absolute atomic E-state index is 0.270. The molecule has 2 aromatic carbocycles. The van der Waals surface area contributed by atoms with Gasteiger partial charge in [-0.1, -0.05) is 42.5 Å². The van der Waals surface area contributed by atoms with Crippen LogP contribution in [-0.2, 0) is 16.8 Å². The van der Waals surface area contributed by atoms with E-state index in [0.29, 0.717) is 6.61 Å². The van der Waals surface area contributed by atoms with Crippen molar-refractivity contribution in [1.29, 1.82) is 0 Å². The van der Waals surface area contributed by atoms with E-state index in [1.807, 2.05) is 12.1 Å². The molecular weight excluding hydrogens is 344 g/mol. The summed E-state index contributed by atoms with van der Waals surface area (Å²) in [5.74, 6) is 3.71. The fourth-order valence-corrected chi connectivity index (χ4v) is 6.52. The Morgan fingerprint density at radius 1 is 0.929 bits per heavy atom. The summed E-state index contributed by atoms with van der Waals surface area (Å²) in [7, 11) is 0. The Morgan fingerprint density at radius 3 is 2.25 bits per heavy atom. The van der Waals surface area contributed by atoms with Crippen molar-refractivity contribution in [2.45, 2.75) is 50.5 Å². The van der Waals surface area contributed by atoms with Gasteiger partial charge in [-0.15, -0.1) is 0 Å². The number of allylic oxidation sites excluding steroid dienone is 1. The van der Waals surface area contributed by atoms with Gasteiger partial charge in [-0.25, -0.2) is 0 Å². The van der Waals surface area contributed by atoms with Crippen LogP contribution in [0.5, 0.6) is 5.75 Å². The van der Waals surface area contributed by atoms with Crippen molar-refractivity contribution in [3.8, 4) is 5.75 Å². The van der Waals surface area contributed by atoms with Crippen LogP contribution in [0, 0.1) is 17.8 Å². The van der Waals surface area contributed by atoms with Gasteiger partial charge in [0.25, 0.3) is 0 Å². The first kappa shape index (κ1) is 17.7. The van der Waals surface area contributed by atoms with Gasteiger partial charge >= 0.3 is 0 Å². The van der Waals surface area contributed by atoms with Crippen LogP contribution in [0.4, 0.5) is 0 Å². The molecule has 0 amide bonds. The van der Waals surface area contributed by atoms with E-state index in [1.165, 1.54) is 49.7 Å². The molecule has 4 saturated carbocycles. The van der Waals surface area contributed by atoms with E-state index < -0.39 is 0 Å². The van der Waals surface area contributed by atoms with Gasteiger partial charge in [0.15, 0.2) is 0 Å². The van der Waals surface area contributed by atoms with Crippen LogP contribution in [0.15, 0.2) is 54.6 Å². The molecule has 4 fully saturated rings. The van der Waals surface area contributed by atoms with E-state index in [0.717, 1.165) is 35.4 Å². The highest BCUT2D eigenvalue weighted by molar-refractivity contribution is 5.74. The van der Waals surface area contributed by atoms with Crippen molar-refractivity contribution < 1.29 is 9.53 Å². The average molecular weight is 373 g/mol. The first-order valence-corrected chi connectivity index (χ1v) is 10.7. The summed E-state index contributed by atoms with van der Waals surface area (Å²) in [4.78, 5) is 10.8. The van der Waals surface area contributed by atoms with Crippen LogP contribution >= 0.6 is 0 Å². The van der Waals surface area contributed by atoms with Gasteiger partial charge < -0.3 is 4.74 Å². The van der Waals surface area contributed by atoms with Gasteiger partial charge in [-0.05, 0) is 91.0 Å². The molecule has 4 aliphatic rings. The van der Waals surface area contributed by atoms with Gasteiger partial charge in [0.2, 0.25) is 0 Å². The highest BCUT2D eigenvalue weighted by Crippen LogP contribution is 2.62. The number of benzene rings is 2. The summed E-state index contributed by atoms with van der Waals surface area (Å²) >= 11 is 0. The Morgan fingerprint density at radius 2 is 1.61 bits per heavy atom. The lowest BCUT2D eigenvalue weighted by atomic mass is 9.48. The molecule has 0 radical (unpaired) electrons. The monoisotopic (exact) mass is 372 g/mol. The molecule has 0 aliphatic heterocycles. The fraction of sp³-hybridized carbons (Fsp3) is 0.423. The minimum atomic E-state index is 0.270. The smallest absolute Gasteiger partial charge is 0.142 e. The average Bonchev–Trinajstić information content (AvgIpc) is 2.71. The maximum absolute atomic E-state index is 10.8. The molecule has 0 aromatic heterocycles. The predicted molar refractivity (Wildman–Crippen MR) is 112 cm³/mol. The molecule has 4 bridgehead atoms. The number of hydrogen-bond donors (Lipinski definition) is 0. The summed E-state index contributed by atoms with van der Waals surface area (Å²) in [5, 5.41) is 0. The topological polar surface area (TPSA) is 26.3 Å². The second-order valence-electron chi connectivity index (χ2n) is 9.22. The van der Waals surface area contributed by atoms with Gasteiger partial charge in [-0.2, -0.15) is 0 Å². The molecule has 0 heterocycles. The molecule has 28 heavy (non-hydrogen) atoms. The summed E-state index contributed by atoms with van der Waals surface area (Å²) < 4.78 is 6.38. The molecule has 4 aliphatic carbocycles. The highest BCUT2D eigenvalue weighted by atomic mass is 16.5. The van der Waals surface area contributed by atoms with E-state index in [-0.39, 0.29) is 5.41 Å².